The van der Waals surface area contributed by atoms with E-state index >= 15 is 0 Å². The number of carboxylic acid groups (broad SMARTS) is 1. The van der Waals surface area contributed by atoms with E-state index in [1.807, 2.05) is 0 Å². The topological polar surface area (TPSA) is 102 Å². The summed E-state index contributed by atoms with van der Waals surface area (Å²) in [5.74, 6) is -0.301. The first-order chi connectivity index (χ1) is 13.4. The summed E-state index contributed by atoms with van der Waals surface area (Å²) >= 11 is 0. The quantitative estimate of drug-likeness (QED) is 0.765. The Morgan fingerprint density at radius 1 is 1.04 bits per heavy atom. The Labute approximate surface area is 163 Å². The number of aryl methyl sites for hydroxylation is 1. The lowest BCUT2D eigenvalue weighted by molar-refractivity contribution is -0.136. The monoisotopic (exact) mass is 403 g/mol. The maximum Gasteiger partial charge on any atom is 0.303 e. The number of carbonyl (C=O) groups is 1. The van der Waals surface area contributed by atoms with Crippen LogP contribution < -0.4 is 14.2 Å². The molecule has 148 valence electrons. The fourth-order valence-corrected chi connectivity index (χ4v) is 4.63. The molecule has 2 N–H and O–H groups in total. The third kappa shape index (κ3) is 3.77. The summed E-state index contributed by atoms with van der Waals surface area (Å²) < 4.78 is 39.8. The summed E-state index contributed by atoms with van der Waals surface area (Å²) in [6.45, 7) is 0. The highest BCUT2D eigenvalue weighted by Gasteiger charge is 2.44. The van der Waals surface area contributed by atoms with Crippen molar-refractivity contribution < 1.29 is 27.8 Å². The van der Waals surface area contributed by atoms with E-state index in [9.17, 15) is 13.2 Å². The Hall–Kier alpha value is -2.74. The number of anilines is 1. The normalized spacial score (nSPS) is 17.0. The summed E-state index contributed by atoms with van der Waals surface area (Å²) in [7, 11) is -3.77. The molecule has 0 amide bonds. The second-order valence-corrected chi connectivity index (χ2v) is 8.81. The van der Waals surface area contributed by atoms with Crippen LogP contribution in [0.4, 0.5) is 5.69 Å². The number of benzene rings is 2. The summed E-state index contributed by atoms with van der Waals surface area (Å²) in [5, 5.41) is 8.73. The number of rotatable bonds is 6. The van der Waals surface area contributed by atoms with Gasteiger partial charge < -0.3 is 14.6 Å². The minimum Gasteiger partial charge on any atom is -0.481 e. The van der Waals surface area contributed by atoms with E-state index in [4.69, 9.17) is 14.6 Å². The zero-order chi connectivity index (χ0) is 19.8. The van der Waals surface area contributed by atoms with Gasteiger partial charge in [-0.25, -0.2) is 8.42 Å². The van der Waals surface area contributed by atoms with Crippen LogP contribution >= 0.6 is 0 Å². The van der Waals surface area contributed by atoms with Gasteiger partial charge in [-0.3, -0.25) is 9.52 Å². The average molecular weight is 403 g/mol. The summed E-state index contributed by atoms with van der Waals surface area (Å²) in [6, 6.07) is 11.2. The van der Waals surface area contributed by atoms with Gasteiger partial charge in [0.05, 0.1) is 10.6 Å². The summed E-state index contributed by atoms with van der Waals surface area (Å²) in [4.78, 5) is 10.7. The number of sulfonamides is 1. The van der Waals surface area contributed by atoms with Gasteiger partial charge in [-0.15, -0.1) is 0 Å². The highest BCUT2D eigenvalue weighted by molar-refractivity contribution is 7.92. The molecule has 0 bridgehead atoms. The molecule has 2 aromatic rings. The molecule has 8 heteroatoms. The molecule has 0 atom stereocenters. The van der Waals surface area contributed by atoms with Gasteiger partial charge in [0.25, 0.3) is 15.8 Å². The van der Waals surface area contributed by atoms with Gasteiger partial charge in [-0.05, 0) is 49.1 Å². The second-order valence-electron chi connectivity index (χ2n) is 7.13. The number of nitrogens with one attached hydrogen (secondary N) is 1. The standard InChI is InChI=1S/C20H21NO6S/c22-19(23)10-5-14-3-7-16(8-4-14)28(24,25)21-15-6-9-17-18(13-15)27-20(26-17)11-1-2-12-20/h3-4,6-9,13,21H,1-2,5,10-12H2,(H,22,23). The molecule has 1 spiro atoms. The van der Waals surface area contributed by atoms with Crippen LogP contribution in [0.5, 0.6) is 11.5 Å². The molecular formula is C20H21NO6S. The molecule has 28 heavy (non-hydrogen) atoms. The van der Waals surface area contributed by atoms with Crippen LogP contribution in [0, 0.1) is 0 Å². The summed E-state index contributed by atoms with van der Waals surface area (Å²) in [5.41, 5.74) is 1.17. The van der Waals surface area contributed by atoms with Crippen molar-refractivity contribution in [3.05, 3.63) is 48.0 Å². The molecule has 0 unspecified atom stereocenters. The average Bonchev–Trinajstić information content (AvgIpc) is 3.25. The minimum absolute atomic E-state index is 0.00301. The first kappa shape index (κ1) is 18.6. The van der Waals surface area contributed by atoms with Crippen molar-refractivity contribution in [1.29, 1.82) is 0 Å². The minimum atomic E-state index is -3.77. The van der Waals surface area contributed by atoms with Crippen molar-refractivity contribution in [3.63, 3.8) is 0 Å². The van der Waals surface area contributed by atoms with Gasteiger partial charge in [0, 0.05) is 25.3 Å². The predicted molar refractivity (Wildman–Crippen MR) is 102 cm³/mol. The molecule has 4 rings (SSSR count). The molecule has 0 saturated heterocycles. The third-order valence-corrected chi connectivity index (χ3v) is 6.41. The number of hydrogen-bond donors (Lipinski definition) is 2. The highest BCUT2D eigenvalue weighted by atomic mass is 32.2. The van der Waals surface area contributed by atoms with E-state index in [1.54, 1.807) is 30.3 Å². The van der Waals surface area contributed by atoms with Gasteiger partial charge >= 0.3 is 5.97 Å². The zero-order valence-electron chi connectivity index (χ0n) is 15.2. The molecule has 0 aromatic heterocycles. The van der Waals surface area contributed by atoms with Gasteiger partial charge in [0.2, 0.25) is 0 Å². The Kier molecular flexibility index (Phi) is 4.66. The van der Waals surface area contributed by atoms with Crippen molar-refractivity contribution in [2.45, 2.75) is 49.2 Å². The maximum absolute atomic E-state index is 12.7. The zero-order valence-corrected chi connectivity index (χ0v) is 16.0. The lowest BCUT2D eigenvalue weighted by atomic mass is 10.1. The van der Waals surface area contributed by atoms with Crippen molar-refractivity contribution in [2.24, 2.45) is 0 Å². The number of fused-ring (bicyclic) bond motifs is 1. The highest BCUT2D eigenvalue weighted by Crippen LogP contribution is 2.47. The van der Waals surface area contributed by atoms with Crippen LogP contribution in [0.25, 0.3) is 0 Å². The van der Waals surface area contributed by atoms with Crippen LogP contribution in [-0.2, 0) is 21.2 Å². The van der Waals surface area contributed by atoms with Crippen molar-refractivity contribution in [2.75, 3.05) is 4.72 Å². The van der Waals surface area contributed by atoms with Crippen LogP contribution in [0.3, 0.4) is 0 Å². The molecule has 2 aromatic carbocycles. The number of aliphatic carboxylic acids is 1. The molecule has 1 heterocycles. The van der Waals surface area contributed by atoms with Gasteiger partial charge in [-0.2, -0.15) is 0 Å². The molecule has 0 radical (unpaired) electrons. The van der Waals surface area contributed by atoms with E-state index in [0.717, 1.165) is 31.2 Å². The molecule has 7 nitrogen and oxygen atoms in total. The number of ether oxygens (including phenoxy) is 2. The molecule has 2 aliphatic rings. The third-order valence-electron chi connectivity index (χ3n) is 5.01. The molecule has 1 aliphatic carbocycles. The summed E-state index contributed by atoms with van der Waals surface area (Å²) in [6.07, 6.45) is 4.12. The number of hydrogen-bond acceptors (Lipinski definition) is 5. The van der Waals surface area contributed by atoms with Crippen molar-refractivity contribution in [1.82, 2.24) is 0 Å². The molecular weight excluding hydrogens is 382 g/mol. The SMILES string of the molecule is O=C(O)CCc1ccc(S(=O)(=O)Nc2ccc3c(c2)OC2(CCCC2)O3)cc1. The van der Waals surface area contributed by atoms with Gasteiger partial charge in [0.15, 0.2) is 11.5 Å². The van der Waals surface area contributed by atoms with E-state index in [1.165, 1.54) is 12.1 Å². The van der Waals surface area contributed by atoms with Crippen molar-refractivity contribution in [3.8, 4) is 11.5 Å². The van der Waals surface area contributed by atoms with E-state index in [-0.39, 0.29) is 11.3 Å². The fraction of sp³-hybridized carbons (Fsp3) is 0.350. The van der Waals surface area contributed by atoms with Crippen LogP contribution in [0.15, 0.2) is 47.4 Å². The first-order valence-corrected chi connectivity index (χ1v) is 10.7. The van der Waals surface area contributed by atoms with Crippen LogP contribution in [0.1, 0.15) is 37.7 Å². The Morgan fingerprint density at radius 2 is 1.71 bits per heavy atom. The Bertz CT molecular complexity index is 994. The van der Waals surface area contributed by atoms with Crippen LogP contribution in [-0.4, -0.2) is 25.3 Å². The van der Waals surface area contributed by atoms with Crippen LogP contribution in [0.2, 0.25) is 0 Å². The van der Waals surface area contributed by atoms with Gasteiger partial charge in [0.1, 0.15) is 0 Å². The Morgan fingerprint density at radius 3 is 2.39 bits per heavy atom. The van der Waals surface area contributed by atoms with E-state index in [0.29, 0.717) is 23.6 Å². The molecule has 1 fully saturated rings. The second kappa shape index (κ2) is 7.01. The van der Waals surface area contributed by atoms with Gasteiger partial charge in [-0.1, -0.05) is 12.1 Å². The Balaban J connectivity index is 1.47. The lowest BCUT2D eigenvalue weighted by Gasteiger charge is -2.21. The van der Waals surface area contributed by atoms with Crippen molar-refractivity contribution >= 4 is 21.7 Å². The van der Waals surface area contributed by atoms with E-state index in [2.05, 4.69) is 4.72 Å². The smallest absolute Gasteiger partial charge is 0.303 e. The number of carboxylic acids is 1. The largest absolute Gasteiger partial charge is 0.481 e. The van der Waals surface area contributed by atoms with E-state index < -0.39 is 21.8 Å². The molecule has 1 saturated carbocycles. The predicted octanol–water partition coefficient (Wildman–Crippen LogP) is 3.55. The molecule has 1 aliphatic heterocycles. The fourth-order valence-electron chi connectivity index (χ4n) is 3.58. The first-order valence-electron chi connectivity index (χ1n) is 9.21. The maximum atomic E-state index is 12.7. The lowest BCUT2D eigenvalue weighted by Crippen LogP contribution is -2.34.